The number of hydrogen-bond acceptors (Lipinski definition) is 7. The number of halogens is 4. The van der Waals surface area contributed by atoms with Crippen LogP contribution in [-0.2, 0) is 11.1 Å². The van der Waals surface area contributed by atoms with E-state index in [-0.39, 0.29) is 33.9 Å². The highest BCUT2D eigenvalue weighted by atomic mass is 19.3. The number of nitrogens with zero attached hydrogens (tertiary/aromatic N) is 3. The maximum atomic E-state index is 14.4. The maximum Gasteiger partial charge on any atom is 0.413 e. The van der Waals surface area contributed by atoms with Gasteiger partial charge in [-0.2, -0.15) is 13.8 Å². The normalized spacial score (nSPS) is 22.6. The Bertz CT molecular complexity index is 1320. The third-order valence-corrected chi connectivity index (χ3v) is 7.84. The topological polar surface area (TPSA) is 99.4 Å². The lowest BCUT2D eigenvalue weighted by Crippen LogP contribution is -2.50. The molecule has 208 valence electrons. The zero-order valence-electron chi connectivity index (χ0n) is 21.5. The number of rotatable bonds is 8. The van der Waals surface area contributed by atoms with E-state index in [9.17, 15) is 22.4 Å². The maximum absolute atomic E-state index is 14.4. The van der Waals surface area contributed by atoms with E-state index >= 15 is 0 Å². The van der Waals surface area contributed by atoms with Crippen molar-refractivity contribution in [3.63, 3.8) is 0 Å². The van der Waals surface area contributed by atoms with Crippen LogP contribution in [0.2, 0.25) is 0 Å². The number of pyridine rings is 1. The van der Waals surface area contributed by atoms with Crippen LogP contribution in [-0.4, -0.2) is 34.4 Å². The number of aromatic nitrogens is 3. The molecule has 0 aliphatic heterocycles. The Morgan fingerprint density at radius 2 is 1.79 bits per heavy atom. The van der Waals surface area contributed by atoms with Crippen LogP contribution < -0.4 is 14.8 Å². The third kappa shape index (κ3) is 5.69. The molecule has 3 aliphatic rings. The molecule has 8 nitrogen and oxygen atoms in total. The first-order valence-electron chi connectivity index (χ1n) is 12.7. The summed E-state index contributed by atoms with van der Waals surface area (Å²) in [7, 11) is 0. The molecule has 0 saturated heterocycles. The van der Waals surface area contributed by atoms with E-state index in [1.54, 1.807) is 0 Å². The van der Waals surface area contributed by atoms with Crippen molar-refractivity contribution in [1.29, 1.82) is 0 Å². The lowest BCUT2D eigenvalue weighted by atomic mass is 9.53. The summed E-state index contributed by atoms with van der Waals surface area (Å²) in [5, 5.41) is 6.89. The van der Waals surface area contributed by atoms with Crippen LogP contribution >= 0.6 is 0 Å². The van der Waals surface area contributed by atoms with Gasteiger partial charge in [-0.3, -0.25) is 0 Å². The number of nitrogens with one attached hydrogen (secondary N) is 1. The van der Waals surface area contributed by atoms with Crippen molar-refractivity contribution in [3.05, 3.63) is 54.1 Å². The van der Waals surface area contributed by atoms with Crippen molar-refractivity contribution in [2.45, 2.75) is 70.1 Å². The number of amides is 1. The number of carbonyl (C=O) groups is 1. The summed E-state index contributed by atoms with van der Waals surface area (Å²) in [6, 6.07) is 6.68. The quantitative estimate of drug-likeness (QED) is 0.323. The lowest BCUT2D eigenvalue weighted by molar-refractivity contribution is -0.0498. The van der Waals surface area contributed by atoms with Gasteiger partial charge in [-0.05, 0) is 75.5 Å². The van der Waals surface area contributed by atoms with Gasteiger partial charge in [0.1, 0.15) is 11.6 Å². The van der Waals surface area contributed by atoms with Crippen molar-refractivity contribution in [2.24, 2.45) is 5.41 Å². The van der Waals surface area contributed by atoms with Crippen molar-refractivity contribution >= 4 is 6.09 Å². The molecule has 0 unspecified atom stereocenters. The second kappa shape index (κ2) is 10.1. The van der Waals surface area contributed by atoms with E-state index < -0.39 is 24.2 Å². The molecule has 2 heterocycles. The van der Waals surface area contributed by atoms with E-state index in [1.807, 2.05) is 0 Å². The molecule has 1 N–H and O–H groups in total. The predicted octanol–water partition coefficient (Wildman–Crippen LogP) is 6.46. The summed E-state index contributed by atoms with van der Waals surface area (Å²) >= 11 is 0. The van der Waals surface area contributed by atoms with Crippen LogP contribution in [0.25, 0.3) is 11.1 Å². The molecule has 2 aromatic heterocycles. The van der Waals surface area contributed by atoms with Crippen LogP contribution in [0.3, 0.4) is 0 Å². The summed E-state index contributed by atoms with van der Waals surface area (Å²) in [4.78, 5) is 20.8. The van der Waals surface area contributed by atoms with E-state index in [1.165, 1.54) is 44.2 Å². The molecule has 39 heavy (non-hydrogen) atoms. The molecule has 1 aromatic carbocycles. The average molecular weight is 549 g/mol. The molecule has 3 saturated carbocycles. The highest BCUT2D eigenvalue weighted by Crippen LogP contribution is 2.57. The minimum absolute atomic E-state index is 0.0194. The van der Waals surface area contributed by atoms with Gasteiger partial charge in [-0.25, -0.2) is 18.6 Å². The SMILES string of the molecule is CC(C)(F)c1nc(C23CCC(CNC(=O)Oc4cc(-c5ccc(OC(F)F)cc5)c(F)cn4)(CC2)CC3)no1. The third-order valence-electron chi connectivity index (χ3n) is 7.84. The Labute approximate surface area is 222 Å². The Kier molecular flexibility index (Phi) is 6.98. The fourth-order valence-electron chi connectivity index (χ4n) is 5.45. The smallest absolute Gasteiger partial charge is 0.413 e. The monoisotopic (exact) mass is 548 g/mol. The Morgan fingerprint density at radius 3 is 2.38 bits per heavy atom. The van der Waals surface area contributed by atoms with E-state index in [0.29, 0.717) is 17.9 Å². The van der Waals surface area contributed by atoms with Crippen LogP contribution in [0, 0.1) is 11.2 Å². The van der Waals surface area contributed by atoms with E-state index in [2.05, 4.69) is 25.2 Å². The van der Waals surface area contributed by atoms with Gasteiger partial charge in [0.15, 0.2) is 11.5 Å². The first kappa shape index (κ1) is 26.9. The van der Waals surface area contributed by atoms with Crippen LogP contribution in [0.5, 0.6) is 11.6 Å². The highest BCUT2D eigenvalue weighted by molar-refractivity contribution is 5.71. The molecule has 0 atom stereocenters. The number of benzene rings is 1. The highest BCUT2D eigenvalue weighted by Gasteiger charge is 2.52. The summed E-state index contributed by atoms with van der Waals surface area (Å²) in [5.41, 5.74) is -1.58. The Hall–Kier alpha value is -3.70. The van der Waals surface area contributed by atoms with Crippen molar-refractivity contribution in [2.75, 3.05) is 6.54 Å². The summed E-state index contributed by atoms with van der Waals surface area (Å²) in [6.45, 7) is 0.196. The fraction of sp³-hybridized carbons (Fsp3) is 0.481. The largest absolute Gasteiger partial charge is 0.435 e. The number of fused-ring (bicyclic) bond motifs is 3. The lowest BCUT2D eigenvalue weighted by Gasteiger charge is -2.52. The molecule has 12 heteroatoms. The van der Waals surface area contributed by atoms with Gasteiger partial charge >= 0.3 is 12.7 Å². The second-order valence-corrected chi connectivity index (χ2v) is 10.8. The van der Waals surface area contributed by atoms with Gasteiger partial charge in [0.2, 0.25) is 5.88 Å². The minimum Gasteiger partial charge on any atom is -0.435 e. The number of alkyl halides is 3. The fourth-order valence-corrected chi connectivity index (χ4v) is 5.45. The molecule has 1 amide bonds. The number of hydrogen-bond donors (Lipinski definition) is 1. The molecule has 3 aliphatic carbocycles. The molecule has 2 bridgehead atoms. The first-order valence-corrected chi connectivity index (χ1v) is 12.7. The summed E-state index contributed by atoms with van der Waals surface area (Å²) in [5.74, 6) is -0.302. The van der Waals surface area contributed by atoms with Crippen molar-refractivity contribution in [3.8, 4) is 22.8 Å². The van der Waals surface area contributed by atoms with Gasteiger partial charge in [0.25, 0.3) is 5.89 Å². The number of ether oxygens (including phenoxy) is 2. The van der Waals surface area contributed by atoms with Crippen LogP contribution in [0.1, 0.15) is 64.1 Å². The van der Waals surface area contributed by atoms with E-state index in [4.69, 9.17) is 9.26 Å². The average Bonchev–Trinajstić information content (AvgIpc) is 3.42. The standard InChI is InChI=1S/C27H28F4N4O4/c1-25(2,31)22-34-21(35-39-22)27-10-7-26(8-11-27,9-12-27)15-33-24(36)38-20-13-18(19(28)14-32-20)16-3-5-17(6-4-16)37-23(29)30/h3-6,13-14,23H,7-12,15H2,1-2H3,(H,33,36). The summed E-state index contributed by atoms with van der Waals surface area (Å²) < 4.78 is 68.2. The van der Waals surface area contributed by atoms with Gasteiger partial charge in [-0.1, -0.05) is 17.3 Å². The zero-order valence-corrected chi connectivity index (χ0v) is 21.5. The summed E-state index contributed by atoms with van der Waals surface area (Å²) in [6.07, 6.45) is 5.13. The number of carbonyl (C=O) groups excluding carboxylic acids is 1. The minimum atomic E-state index is -2.97. The molecule has 0 radical (unpaired) electrons. The second-order valence-electron chi connectivity index (χ2n) is 10.8. The zero-order chi connectivity index (χ0) is 27.8. The molecule has 3 fully saturated rings. The Morgan fingerprint density at radius 1 is 1.13 bits per heavy atom. The molecule has 3 aromatic rings. The van der Waals surface area contributed by atoms with Crippen molar-refractivity contribution in [1.82, 2.24) is 20.4 Å². The molecular weight excluding hydrogens is 520 g/mol. The first-order chi connectivity index (χ1) is 18.5. The molecule has 0 spiro atoms. The van der Waals surface area contributed by atoms with Gasteiger partial charge in [0, 0.05) is 23.6 Å². The molecular formula is C27H28F4N4O4. The molecule has 6 rings (SSSR count). The predicted molar refractivity (Wildman–Crippen MR) is 131 cm³/mol. The van der Waals surface area contributed by atoms with Gasteiger partial charge in [0.05, 0.1) is 6.20 Å². The van der Waals surface area contributed by atoms with Gasteiger partial charge < -0.3 is 19.3 Å². The van der Waals surface area contributed by atoms with Crippen LogP contribution in [0.15, 0.2) is 41.1 Å². The Balaban J connectivity index is 1.18. The van der Waals surface area contributed by atoms with E-state index in [0.717, 1.165) is 44.7 Å². The van der Waals surface area contributed by atoms with Crippen LogP contribution in [0.4, 0.5) is 22.4 Å². The van der Waals surface area contributed by atoms with Gasteiger partial charge in [-0.15, -0.1) is 0 Å². The van der Waals surface area contributed by atoms with Crippen molar-refractivity contribution < 1.29 is 36.4 Å².